The molecule has 0 spiro atoms. The first-order chi connectivity index (χ1) is 15.7. The van der Waals surface area contributed by atoms with Gasteiger partial charge in [-0.05, 0) is 62.6 Å². The van der Waals surface area contributed by atoms with Gasteiger partial charge in [0.25, 0.3) is 5.91 Å². The van der Waals surface area contributed by atoms with Crippen molar-refractivity contribution in [2.45, 2.75) is 32.2 Å². The van der Waals surface area contributed by atoms with Crippen molar-refractivity contribution in [2.24, 2.45) is 0 Å². The van der Waals surface area contributed by atoms with Crippen LogP contribution in [0.2, 0.25) is 0 Å². The van der Waals surface area contributed by atoms with Gasteiger partial charge in [0.1, 0.15) is 0 Å². The maximum atomic E-state index is 13.1. The topological polar surface area (TPSA) is 70.4 Å². The van der Waals surface area contributed by atoms with Crippen LogP contribution in [0.25, 0.3) is 5.69 Å². The van der Waals surface area contributed by atoms with Gasteiger partial charge in [-0.2, -0.15) is 5.10 Å². The summed E-state index contributed by atoms with van der Waals surface area (Å²) in [5.41, 5.74) is 1.57. The second kappa shape index (κ2) is 8.98. The lowest BCUT2D eigenvalue weighted by atomic mass is 10.0. The lowest BCUT2D eigenvalue weighted by Crippen LogP contribution is -2.49. The fraction of sp³-hybridized carbons (Fsp3) is 0.417. The second-order valence-corrected chi connectivity index (χ2v) is 8.57. The van der Waals surface area contributed by atoms with Crippen molar-refractivity contribution >= 4 is 17.5 Å². The molecule has 2 saturated heterocycles. The Hall–Kier alpha value is -3.42. The predicted molar refractivity (Wildman–Crippen MR) is 124 cm³/mol. The number of carbonyl (C=O) groups is 1. The average molecular weight is 432 g/mol. The highest BCUT2D eigenvalue weighted by molar-refractivity contribution is 5.95. The molecule has 5 rings (SSSR count). The SMILES string of the molecule is CC1CCCCN1c1ccc(N2CCN(C(=O)c3cccc(-n4cccn4)c3)CC2)nn1. The quantitative estimate of drug-likeness (QED) is 0.633. The maximum absolute atomic E-state index is 13.1. The van der Waals surface area contributed by atoms with Crippen LogP contribution in [-0.2, 0) is 0 Å². The number of hydrogen-bond acceptors (Lipinski definition) is 6. The third kappa shape index (κ3) is 4.17. The van der Waals surface area contributed by atoms with Crippen LogP contribution >= 0.6 is 0 Å². The molecule has 8 nitrogen and oxygen atoms in total. The van der Waals surface area contributed by atoms with E-state index in [2.05, 4.69) is 44.2 Å². The molecule has 2 aromatic heterocycles. The van der Waals surface area contributed by atoms with Crippen LogP contribution in [0.3, 0.4) is 0 Å². The molecule has 1 atom stereocenters. The summed E-state index contributed by atoms with van der Waals surface area (Å²) >= 11 is 0. The van der Waals surface area contributed by atoms with Crippen LogP contribution in [0.5, 0.6) is 0 Å². The van der Waals surface area contributed by atoms with Gasteiger partial charge in [-0.3, -0.25) is 4.79 Å². The molecule has 1 amide bonds. The second-order valence-electron chi connectivity index (χ2n) is 8.57. The summed E-state index contributed by atoms with van der Waals surface area (Å²) in [6.07, 6.45) is 7.33. The van der Waals surface area contributed by atoms with Gasteiger partial charge >= 0.3 is 0 Å². The number of amides is 1. The van der Waals surface area contributed by atoms with Crippen molar-refractivity contribution in [2.75, 3.05) is 42.5 Å². The number of carbonyl (C=O) groups excluding carboxylic acids is 1. The van der Waals surface area contributed by atoms with E-state index in [1.807, 2.05) is 41.4 Å². The van der Waals surface area contributed by atoms with Crippen molar-refractivity contribution in [1.29, 1.82) is 0 Å². The zero-order chi connectivity index (χ0) is 21.9. The molecular weight excluding hydrogens is 402 g/mol. The van der Waals surface area contributed by atoms with Crippen molar-refractivity contribution in [3.63, 3.8) is 0 Å². The Bertz CT molecular complexity index is 1040. The van der Waals surface area contributed by atoms with Gasteiger partial charge in [-0.15, -0.1) is 10.2 Å². The lowest BCUT2D eigenvalue weighted by Gasteiger charge is -2.36. The molecular formula is C24H29N7O. The van der Waals surface area contributed by atoms with E-state index in [1.54, 1.807) is 10.9 Å². The van der Waals surface area contributed by atoms with Gasteiger partial charge in [0.05, 0.1) is 5.69 Å². The van der Waals surface area contributed by atoms with Gasteiger partial charge < -0.3 is 14.7 Å². The van der Waals surface area contributed by atoms with Crippen LogP contribution in [0, 0.1) is 0 Å². The molecule has 0 N–H and O–H groups in total. The number of aromatic nitrogens is 4. The van der Waals surface area contributed by atoms with Crippen LogP contribution in [0.1, 0.15) is 36.5 Å². The Labute approximate surface area is 188 Å². The molecule has 1 aromatic carbocycles. The molecule has 2 aliphatic heterocycles. The molecule has 0 saturated carbocycles. The summed E-state index contributed by atoms with van der Waals surface area (Å²) in [5, 5.41) is 13.3. The van der Waals surface area contributed by atoms with E-state index in [-0.39, 0.29) is 5.91 Å². The largest absolute Gasteiger partial charge is 0.352 e. The molecule has 4 heterocycles. The molecule has 166 valence electrons. The minimum Gasteiger partial charge on any atom is -0.352 e. The molecule has 1 unspecified atom stereocenters. The number of hydrogen-bond donors (Lipinski definition) is 0. The highest BCUT2D eigenvalue weighted by Crippen LogP contribution is 2.24. The summed E-state index contributed by atoms with van der Waals surface area (Å²) in [4.78, 5) is 19.5. The Morgan fingerprint density at radius 3 is 2.47 bits per heavy atom. The zero-order valence-corrected chi connectivity index (χ0v) is 18.5. The van der Waals surface area contributed by atoms with Gasteiger partial charge in [0.15, 0.2) is 11.6 Å². The first kappa shape index (κ1) is 20.5. The molecule has 0 bridgehead atoms. The summed E-state index contributed by atoms with van der Waals surface area (Å²) in [6.45, 7) is 6.14. The standard InChI is InChI=1S/C24H29N7O/c1-19-6-2-3-12-30(19)23-10-9-22(26-27-23)28-14-16-29(17-15-28)24(32)20-7-4-8-21(18-20)31-13-5-11-25-31/h4-5,7-11,13,18-19H,2-3,6,12,14-17H2,1H3. The van der Waals surface area contributed by atoms with Crippen LogP contribution in [0.4, 0.5) is 11.6 Å². The van der Waals surface area contributed by atoms with E-state index in [0.717, 1.165) is 37.0 Å². The third-order valence-corrected chi connectivity index (χ3v) is 6.49. The normalized spacial score (nSPS) is 19.3. The van der Waals surface area contributed by atoms with Crippen molar-refractivity contribution < 1.29 is 4.79 Å². The number of piperidine rings is 1. The van der Waals surface area contributed by atoms with E-state index in [9.17, 15) is 4.79 Å². The molecule has 0 aliphatic carbocycles. The first-order valence-corrected chi connectivity index (χ1v) is 11.4. The monoisotopic (exact) mass is 431 g/mol. The summed E-state index contributed by atoms with van der Waals surface area (Å²) in [6, 6.07) is 14.2. The Balaban J connectivity index is 1.21. The number of anilines is 2. The van der Waals surface area contributed by atoms with E-state index in [1.165, 1.54) is 19.3 Å². The van der Waals surface area contributed by atoms with Gasteiger partial charge in [0.2, 0.25) is 0 Å². The minimum absolute atomic E-state index is 0.0548. The summed E-state index contributed by atoms with van der Waals surface area (Å²) in [7, 11) is 0. The predicted octanol–water partition coefficient (Wildman–Crippen LogP) is 3.00. The smallest absolute Gasteiger partial charge is 0.254 e. The highest BCUT2D eigenvalue weighted by atomic mass is 16.2. The number of piperazine rings is 1. The Kier molecular flexibility index (Phi) is 5.75. The van der Waals surface area contributed by atoms with E-state index < -0.39 is 0 Å². The Morgan fingerprint density at radius 1 is 0.938 bits per heavy atom. The minimum atomic E-state index is 0.0548. The number of nitrogens with zero attached hydrogens (tertiary/aromatic N) is 7. The van der Waals surface area contributed by atoms with Crippen molar-refractivity contribution in [3.05, 3.63) is 60.4 Å². The molecule has 2 aliphatic rings. The number of benzene rings is 1. The van der Waals surface area contributed by atoms with Crippen LogP contribution in [0.15, 0.2) is 54.9 Å². The third-order valence-electron chi connectivity index (χ3n) is 6.49. The van der Waals surface area contributed by atoms with Crippen molar-refractivity contribution in [1.82, 2.24) is 24.9 Å². The average Bonchev–Trinajstić information content (AvgIpc) is 3.40. The molecule has 3 aromatic rings. The van der Waals surface area contributed by atoms with Gasteiger partial charge in [-0.1, -0.05) is 6.07 Å². The van der Waals surface area contributed by atoms with E-state index in [0.29, 0.717) is 24.7 Å². The first-order valence-electron chi connectivity index (χ1n) is 11.4. The summed E-state index contributed by atoms with van der Waals surface area (Å²) in [5.74, 6) is 1.90. The highest BCUT2D eigenvalue weighted by Gasteiger charge is 2.24. The van der Waals surface area contributed by atoms with E-state index in [4.69, 9.17) is 0 Å². The summed E-state index contributed by atoms with van der Waals surface area (Å²) < 4.78 is 1.77. The van der Waals surface area contributed by atoms with Crippen LogP contribution < -0.4 is 9.80 Å². The molecule has 0 radical (unpaired) electrons. The lowest BCUT2D eigenvalue weighted by molar-refractivity contribution is 0.0746. The van der Waals surface area contributed by atoms with Crippen molar-refractivity contribution in [3.8, 4) is 5.69 Å². The van der Waals surface area contributed by atoms with E-state index >= 15 is 0 Å². The fourth-order valence-corrected chi connectivity index (χ4v) is 4.60. The number of rotatable bonds is 4. The molecule has 8 heteroatoms. The molecule has 32 heavy (non-hydrogen) atoms. The van der Waals surface area contributed by atoms with Gasteiger partial charge in [-0.25, -0.2) is 4.68 Å². The van der Waals surface area contributed by atoms with Gasteiger partial charge in [0, 0.05) is 56.7 Å². The zero-order valence-electron chi connectivity index (χ0n) is 18.5. The maximum Gasteiger partial charge on any atom is 0.254 e. The van der Waals surface area contributed by atoms with Crippen LogP contribution in [-0.4, -0.2) is 69.6 Å². The molecule has 2 fully saturated rings. The fourth-order valence-electron chi connectivity index (χ4n) is 4.60. The Morgan fingerprint density at radius 2 is 1.75 bits per heavy atom.